The third-order valence-corrected chi connectivity index (χ3v) is 3.57. The maximum Gasteiger partial charge on any atom is 0.227 e. The molecule has 3 N–H and O–H groups in total. The van der Waals surface area contributed by atoms with Gasteiger partial charge in [0, 0.05) is 24.6 Å². The van der Waals surface area contributed by atoms with Crippen molar-refractivity contribution in [2.45, 2.75) is 39.7 Å². The predicted molar refractivity (Wildman–Crippen MR) is 89.5 cm³/mol. The van der Waals surface area contributed by atoms with Crippen LogP contribution in [-0.2, 0) is 16.1 Å². The molecular weight excluding hydrogens is 278 g/mol. The van der Waals surface area contributed by atoms with E-state index in [1.165, 1.54) is 0 Å². The van der Waals surface area contributed by atoms with Crippen LogP contribution in [0, 0.1) is 5.92 Å². The minimum absolute atomic E-state index is 0.00414. The third kappa shape index (κ3) is 6.72. The summed E-state index contributed by atoms with van der Waals surface area (Å²) in [5.74, 6) is 0.0654. The zero-order chi connectivity index (χ0) is 16.4. The lowest BCUT2D eigenvalue weighted by molar-refractivity contribution is -0.121. The summed E-state index contributed by atoms with van der Waals surface area (Å²) in [5.41, 5.74) is 1.75. The molecule has 5 heteroatoms. The highest BCUT2D eigenvalue weighted by atomic mass is 16.2. The van der Waals surface area contributed by atoms with Gasteiger partial charge in [0.1, 0.15) is 0 Å². The topological polar surface area (TPSA) is 70.2 Å². The molecule has 0 spiro atoms. The Morgan fingerprint density at radius 3 is 2.73 bits per heavy atom. The average Bonchev–Trinajstić information content (AvgIpc) is 2.52. The van der Waals surface area contributed by atoms with Gasteiger partial charge >= 0.3 is 0 Å². The minimum atomic E-state index is -0.00414. The van der Waals surface area contributed by atoms with Gasteiger partial charge in [-0.3, -0.25) is 9.59 Å². The van der Waals surface area contributed by atoms with Gasteiger partial charge in [0.25, 0.3) is 0 Å². The van der Waals surface area contributed by atoms with Crippen LogP contribution < -0.4 is 16.0 Å². The summed E-state index contributed by atoms with van der Waals surface area (Å²) in [5, 5.41) is 8.81. The molecule has 0 aromatic heterocycles. The molecule has 1 aromatic rings. The number of anilines is 1. The van der Waals surface area contributed by atoms with E-state index in [1.807, 2.05) is 45.2 Å². The van der Waals surface area contributed by atoms with Crippen molar-refractivity contribution in [2.75, 3.05) is 18.9 Å². The first-order valence-corrected chi connectivity index (χ1v) is 7.88. The van der Waals surface area contributed by atoms with E-state index in [-0.39, 0.29) is 17.7 Å². The van der Waals surface area contributed by atoms with Crippen molar-refractivity contribution in [2.24, 2.45) is 5.92 Å². The lowest BCUT2D eigenvalue weighted by atomic mass is 10.1. The fourth-order valence-corrected chi connectivity index (χ4v) is 1.92. The van der Waals surface area contributed by atoms with E-state index in [2.05, 4.69) is 16.0 Å². The molecule has 0 radical (unpaired) electrons. The highest BCUT2D eigenvalue weighted by molar-refractivity contribution is 5.92. The predicted octanol–water partition coefficient (Wildman–Crippen LogP) is 2.29. The zero-order valence-corrected chi connectivity index (χ0v) is 13.7. The number of hydrogen-bond donors (Lipinski definition) is 3. The second-order valence-electron chi connectivity index (χ2n) is 5.48. The van der Waals surface area contributed by atoms with Crippen LogP contribution in [0.4, 0.5) is 5.69 Å². The Hall–Kier alpha value is -1.88. The first kappa shape index (κ1) is 18.2. The van der Waals surface area contributed by atoms with E-state index in [4.69, 9.17) is 0 Å². The minimum Gasteiger partial charge on any atom is -0.352 e. The molecule has 22 heavy (non-hydrogen) atoms. The molecule has 0 aliphatic heterocycles. The van der Waals surface area contributed by atoms with E-state index in [1.54, 1.807) is 0 Å². The van der Waals surface area contributed by atoms with E-state index < -0.39 is 0 Å². The largest absolute Gasteiger partial charge is 0.352 e. The third-order valence-electron chi connectivity index (χ3n) is 3.57. The number of carbonyl (C=O) groups excluding carboxylic acids is 2. The van der Waals surface area contributed by atoms with Gasteiger partial charge in [0.15, 0.2) is 0 Å². The molecule has 0 bridgehead atoms. The fraction of sp³-hybridized carbons (Fsp3) is 0.529. The molecule has 1 unspecified atom stereocenters. The van der Waals surface area contributed by atoms with Gasteiger partial charge in [-0.2, -0.15) is 0 Å². The van der Waals surface area contributed by atoms with Crippen molar-refractivity contribution in [1.82, 2.24) is 10.6 Å². The number of rotatable bonds is 9. The smallest absolute Gasteiger partial charge is 0.227 e. The van der Waals surface area contributed by atoms with Crippen LogP contribution >= 0.6 is 0 Å². The van der Waals surface area contributed by atoms with Crippen molar-refractivity contribution < 1.29 is 9.59 Å². The molecule has 0 fully saturated rings. The Bertz CT molecular complexity index is 489. The number of carbonyl (C=O) groups is 2. The SMILES string of the molecule is CCC(C)C(=O)Nc1cccc(CNC(=O)CCCNC)c1. The quantitative estimate of drug-likeness (QED) is 0.613. The van der Waals surface area contributed by atoms with Gasteiger partial charge in [-0.25, -0.2) is 0 Å². The molecular formula is C17H27N3O2. The first-order chi connectivity index (χ1) is 10.6. The molecule has 5 nitrogen and oxygen atoms in total. The Balaban J connectivity index is 2.47. The van der Waals surface area contributed by atoms with Crippen LogP contribution in [-0.4, -0.2) is 25.4 Å². The molecule has 1 atom stereocenters. The summed E-state index contributed by atoms with van der Waals surface area (Å²) in [6, 6.07) is 7.58. The number of benzene rings is 1. The molecule has 0 saturated heterocycles. The first-order valence-electron chi connectivity index (χ1n) is 7.88. The van der Waals surface area contributed by atoms with Gasteiger partial charge in [-0.05, 0) is 44.1 Å². The maximum absolute atomic E-state index is 11.9. The Morgan fingerprint density at radius 2 is 2.05 bits per heavy atom. The highest BCUT2D eigenvalue weighted by Crippen LogP contribution is 2.13. The molecule has 0 aliphatic carbocycles. The Kier molecular flexibility index (Phi) is 8.22. The van der Waals surface area contributed by atoms with Crippen LogP contribution in [0.25, 0.3) is 0 Å². The number of amides is 2. The summed E-state index contributed by atoms with van der Waals surface area (Å²) in [7, 11) is 1.87. The van der Waals surface area contributed by atoms with E-state index in [9.17, 15) is 9.59 Å². The Labute approximate surface area is 132 Å². The van der Waals surface area contributed by atoms with Crippen molar-refractivity contribution in [3.63, 3.8) is 0 Å². The second-order valence-corrected chi connectivity index (χ2v) is 5.48. The molecule has 1 rings (SSSR count). The van der Waals surface area contributed by atoms with Gasteiger partial charge in [-0.1, -0.05) is 26.0 Å². The molecule has 1 aromatic carbocycles. The van der Waals surface area contributed by atoms with Crippen molar-refractivity contribution in [3.05, 3.63) is 29.8 Å². The van der Waals surface area contributed by atoms with Gasteiger partial charge in [0.2, 0.25) is 11.8 Å². The molecule has 122 valence electrons. The van der Waals surface area contributed by atoms with E-state index >= 15 is 0 Å². The van der Waals surface area contributed by atoms with E-state index in [0.29, 0.717) is 13.0 Å². The van der Waals surface area contributed by atoms with Crippen LogP contribution in [0.3, 0.4) is 0 Å². The Morgan fingerprint density at radius 1 is 1.27 bits per heavy atom. The summed E-state index contributed by atoms with van der Waals surface area (Å²) in [6.45, 7) is 5.21. The monoisotopic (exact) mass is 305 g/mol. The maximum atomic E-state index is 11.9. The molecule has 0 saturated carbocycles. The van der Waals surface area contributed by atoms with Crippen LogP contribution in [0.5, 0.6) is 0 Å². The standard InChI is InChI=1S/C17H27N3O2/c1-4-13(2)17(22)20-15-8-5-7-14(11-15)12-19-16(21)9-6-10-18-3/h5,7-8,11,13,18H,4,6,9-10,12H2,1-3H3,(H,19,21)(H,20,22). The van der Waals surface area contributed by atoms with Crippen molar-refractivity contribution in [1.29, 1.82) is 0 Å². The van der Waals surface area contributed by atoms with Crippen LogP contribution in [0.15, 0.2) is 24.3 Å². The summed E-state index contributed by atoms with van der Waals surface area (Å²) < 4.78 is 0. The molecule has 0 aliphatic rings. The van der Waals surface area contributed by atoms with Crippen LogP contribution in [0.1, 0.15) is 38.7 Å². The van der Waals surface area contributed by atoms with Gasteiger partial charge in [0.05, 0.1) is 0 Å². The fourth-order valence-electron chi connectivity index (χ4n) is 1.92. The summed E-state index contributed by atoms with van der Waals surface area (Å²) in [6.07, 6.45) is 2.16. The van der Waals surface area contributed by atoms with Crippen molar-refractivity contribution in [3.8, 4) is 0 Å². The van der Waals surface area contributed by atoms with Gasteiger partial charge in [-0.15, -0.1) is 0 Å². The zero-order valence-electron chi connectivity index (χ0n) is 13.7. The highest BCUT2D eigenvalue weighted by Gasteiger charge is 2.10. The number of nitrogens with one attached hydrogen (secondary N) is 3. The molecule has 0 heterocycles. The van der Waals surface area contributed by atoms with Gasteiger partial charge < -0.3 is 16.0 Å². The lowest BCUT2D eigenvalue weighted by Gasteiger charge is -2.11. The molecule has 2 amide bonds. The average molecular weight is 305 g/mol. The van der Waals surface area contributed by atoms with Crippen molar-refractivity contribution >= 4 is 17.5 Å². The lowest BCUT2D eigenvalue weighted by Crippen LogP contribution is -2.24. The normalized spacial score (nSPS) is 11.8. The number of hydrogen-bond acceptors (Lipinski definition) is 3. The van der Waals surface area contributed by atoms with E-state index in [0.717, 1.165) is 30.6 Å². The second kappa shape index (κ2) is 9.95. The van der Waals surface area contributed by atoms with Crippen LogP contribution in [0.2, 0.25) is 0 Å². The summed E-state index contributed by atoms with van der Waals surface area (Å²) in [4.78, 5) is 23.6. The summed E-state index contributed by atoms with van der Waals surface area (Å²) >= 11 is 0.